The maximum absolute atomic E-state index is 11.7. The number of hydrogen-bond donors (Lipinski definition) is 2. The van der Waals surface area contributed by atoms with Gasteiger partial charge in [0.25, 0.3) is 5.91 Å². The van der Waals surface area contributed by atoms with E-state index in [1.165, 1.54) is 16.2 Å². The molecule has 1 aromatic heterocycles. The van der Waals surface area contributed by atoms with Crippen LogP contribution in [0.25, 0.3) is 0 Å². The molecule has 2 amide bonds. The van der Waals surface area contributed by atoms with Crippen LogP contribution in [0, 0.1) is 0 Å². The van der Waals surface area contributed by atoms with Crippen molar-refractivity contribution >= 4 is 28.5 Å². The summed E-state index contributed by atoms with van der Waals surface area (Å²) in [5.41, 5.74) is 0. The molecule has 1 atom stereocenters. The third kappa shape index (κ3) is 1.91. The largest absolute Gasteiger partial charge is 0.465 e. The molecular weight excluding hydrogens is 218 g/mol. The second-order valence-corrected chi connectivity index (χ2v) is 3.97. The van der Waals surface area contributed by atoms with Crippen molar-refractivity contribution in [1.82, 2.24) is 10.3 Å². The SMILES string of the molecule is O=C(O)N[C@H]1CCN(c2nccs2)C1=O. The number of amides is 2. The van der Waals surface area contributed by atoms with Crippen molar-refractivity contribution in [2.75, 3.05) is 11.4 Å². The summed E-state index contributed by atoms with van der Waals surface area (Å²) in [6.07, 6.45) is 0.935. The molecule has 1 fully saturated rings. The lowest BCUT2D eigenvalue weighted by molar-refractivity contribution is -0.118. The number of carbonyl (C=O) groups is 2. The van der Waals surface area contributed by atoms with E-state index in [0.29, 0.717) is 18.1 Å². The number of thiazole rings is 1. The van der Waals surface area contributed by atoms with Crippen molar-refractivity contribution in [2.45, 2.75) is 12.5 Å². The molecule has 0 aromatic carbocycles. The van der Waals surface area contributed by atoms with Crippen LogP contribution in [0.3, 0.4) is 0 Å². The van der Waals surface area contributed by atoms with Gasteiger partial charge < -0.3 is 10.4 Å². The Hall–Kier alpha value is -1.63. The predicted octanol–water partition coefficient (Wildman–Crippen LogP) is 0.516. The molecule has 0 spiro atoms. The van der Waals surface area contributed by atoms with Crippen LogP contribution in [0.1, 0.15) is 6.42 Å². The smallest absolute Gasteiger partial charge is 0.405 e. The lowest BCUT2D eigenvalue weighted by Crippen LogP contribution is -2.40. The minimum Gasteiger partial charge on any atom is -0.465 e. The lowest BCUT2D eigenvalue weighted by atomic mass is 10.2. The number of carboxylic acid groups (broad SMARTS) is 1. The highest BCUT2D eigenvalue weighted by Crippen LogP contribution is 2.23. The summed E-state index contributed by atoms with van der Waals surface area (Å²) in [5.74, 6) is -0.229. The van der Waals surface area contributed by atoms with Crippen molar-refractivity contribution in [3.05, 3.63) is 11.6 Å². The summed E-state index contributed by atoms with van der Waals surface area (Å²) in [7, 11) is 0. The topological polar surface area (TPSA) is 82.5 Å². The third-order valence-corrected chi connectivity index (χ3v) is 2.95. The molecule has 1 aliphatic heterocycles. The molecule has 0 saturated carbocycles. The van der Waals surface area contributed by atoms with Gasteiger partial charge in [-0.3, -0.25) is 9.69 Å². The zero-order valence-corrected chi connectivity index (χ0v) is 8.53. The van der Waals surface area contributed by atoms with E-state index in [1.54, 1.807) is 11.6 Å². The van der Waals surface area contributed by atoms with E-state index in [-0.39, 0.29) is 5.91 Å². The highest BCUT2D eigenvalue weighted by molar-refractivity contribution is 7.13. The first-order chi connectivity index (χ1) is 7.18. The second kappa shape index (κ2) is 3.85. The summed E-state index contributed by atoms with van der Waals surface area (Å²) in [4.78, 5) is 27.6. The van der Waals surface area contributed by atoms with Crippen LogP contribution in [0.2, 0.25) is 0 Å². The van der Waals surface area contributed by atoms with Gasteiger partial charge in [0.1, 0.15) is 6.04 Å². The summed E-state index contributed by atoms with van der Waals surface area (Å²) < 4.78 is 0. The lowest BCUT2D eigenvalue weighted by Gasteiger charge is -2.12. The molecule has 1 aliphatic rings. The van der Waals surface area contributed by atoms with Crippen LogP contribution < -0.4 is 10.2 Å². The average molecular weight is 227 g/mol. The number of aromatic nitrogens is 1. The average Bonchev–Trinajstić information content (AvgIpc) is 2.76. The highest BCUT2D eigenvalue weighted by Gasteiger charge is 2.34. The van der Waals surface area contributed by atoms with Crippen molar-refractivity contribution in [3.63, 3.8) is 0 Å². The van der Waals surface area contributed by atoms with Gasteiger partial charge in [0, 0.05) is 18.1 Å². The number of nitrogens with zero attached hydrogens (tertiary/aromatic N) is 2. The molecule has 0 bridgehead atoms. The summed E-state index contributed by atoms with van der Waals surface area (Å²) in [6, 6.07) is -0.633. The van der Waals surface area contributed by atoms with E-state index in [0.717, 1.165) is 0 Å². The first kappa shape index (κ1) is 9.91. The fourth-order valence-corrected chi connectivity index (χ4v) is 2.18. The first-order valence-corrected chi connectivity index (χ1v) is 5.27. The Labute approximate surface area is 89.5 Å². The van der Waals surface area contributed by atoms with E-state index < -0.39 is 12.1 Å². The van der Waals surface area contributed by atoms with Crippen molar-refractivity contribution in [2.24, 2.45) is 0 Å². The Morgan fingerprint density at radius 2 is 2.53 bits per heavy atom. The number of anilines is 1. The normalized spacial score (nSPS) is 20.7. The molecule has 2 heterocycles. The number of carbonyl (C=O) groups excluding carboxylic acids is 1. The van der Waals surface area contributed by atoms with Gasteiger partial charge in [-0.05, 0) is 6.42 Å². The zero-order chi connectivity index (χ0) is 10.8. The summed E-state index contributed by atoms with van der Waals surface area (Å²) in [6.45, 7) is 0.511. The van der Waals surface area contributed by atoms with Crippen LogP contribution in [0.4, 0.5) is 9.93 Å². The number of hydrogen-bond acceptors (Lipinski definition) is 4. The highest BCUT2D eigenvalue weighted by atomic mass is 32.1. The molecule has 7 heteroatoms. The van der Waals surface area contributed by atoms with Gasteiger partial charge in [-0.25, -0.2) is 9.78 Å². The molecule has 2 rings (SSSR count). The van der Waals surface area contributed by atoms with E-state index >= 15 is 0 Å². The van der Waals surface area contributed by atoms with Gasteiger partial charge in [0.2, 0.25) is 0 Å². The monoisotopic (exact) mass is 227 g/mol. The van der Waals surface area contributed by atoms with Crippen molar-refractivity contribution < 1.29 is 14.7 Å². The van der Waals surface area contributed by atoms with Gasteiger partial charge in [0.05, 0.1) is 0 Å². The van der Waals surface area contributed by atoms with Crippen LogP contribution in [0.15, 0.2) is 11.6 Å². The Balaban J connectivity index is 2.07. The Kier molecular flexibility index (Phi) is 2.55. The van der Waals surface area contributed by atoms with Gasteiger partial charge in [-0.15, -0.1) is 11.3 Å². The van der Waals surface area contributed by atoms with Crippen molar-refractivity contribution in [3.8, 4) is 0 Å². The molecule has 6 nitrogen and oxygen atoms in total. The molecular formula is C8H9N3O3S. The molecule has 15 heavy (non-hydrogen) atoms. The van der Waals surface area contributed by atoms with Gasteiger partial charge in [0.15, 0.2) is 5.13 Å². The van der Waals surface area contributed by atoms with Gasteiger partial charge in [-0.2, -0.15) is 0 Å². The quantitative estimate of drug-likeness (QED) is 0.771. The molecule has 0 aliphatic carbocycles. The second-order valence-electron chi connectivity index (χ2n) is 3.10. The number of rotatable bonds is 2. The van der Waals surface area contributed by atoms with E-state index in [4.69, 9.17) is 5.11 Å². The van der Waals surface area contributed by atoms with Crippen molar-refractivity contribution in [1.29, 1.82) is 0 Å². The van der Waals surface area contributed by atoms with Crippen LogP contribution >= 0.6 is 11.3 Å². The Bertz CT molecular complexity index is 378. The molecule has 1 aromatic rings. The molecule has 80 valence electrons. The first-order valence-electron chi connectivity index (χ1n) is 4.39. The number of nitrogens with one attached hydrogen (secondary N) is 1. The molecule has 2 N–H and O–H groups in total. The Morgan fingerprint density at radius 3 is 3.13 bits per heavy atom. The third-order valence-electron chi connectivity index (χ3n) is 2.15. The minimum absolute atomic E-state index is 0.229. The summed E-state index contributed by atoms with van der Waals surface area (Å²) >= 11 is 1.36. The summed E-state index contributed by atoms with van der Waals surface area (Å²) in [5, 5.41) is 13.1. The minimum atomic E-state index is -1.17. The van der Waals surface area contributed by atoms with E-state index in [2.05, 4.69) is 10.3 Å². The van der Waals surface area contributed by atoms with Crippen LogP contribution in [-0.4, -0.2) is 34.7 Å². The Morgan fingerprint density at radius 1 is 1.73 bits per heavy atom. The van der Waals surface area contributed by atoms with Crippen LogP contribution in [0.5, 0.6) is 0 Å². The van der Waals surface area contributed by atoms with E-state index in [9.17, 15) is 9.59 Å². The predicted molar refractivity (Wildman–Crippen MR) is 54.0 cm³/mol. The van der Waals surface area contributed by atoms with Gasteiger partial charge in [-0.1, -0.05) is 0 Å². The maximum atomic E-state index is 11.7. The maximum Gasteiger partial charge on any atom is 0.405 e. The van der Waals surface area contributed by atoms with E-state index in [1.807, 2.05) is 0 Å². The standard InChI is InChI=1S/C8H9N3O3S/c12-6-5(10-8(13)14)1-3-11(6)7-9-2-4-15-7/h2,4-5,10H,1,3H2,(H,13,14)/t5-/m0/s1. The zero-order valence-electron chi connectivity index (χ0n) is 7.71. The fourth-order valence-electron chi connectivity index (χ4n) is 1.50. The molecule has 0 unspecified atom stereocenters. The fraction of sp³-hybridized carbons (Fsp3) is 0.375. The van der Waals surface area contributed by atoms with Crippen LogP contribution in [-0.2, 0) is 4.79 Å². The molecule has 1 saturated heterocycles. The van der Waals surface area contributed by atoms with Gasteiger partial charge >= 0.3 is 6.09 Å². The molecule has 0 radical (unpaired) electrons.